The van der Waals surface area contributed by atoms with Crippen molar-refractivity contribution in [1.82, 2.24) is 0 Å². The van der Waals surface area contributed by atoms with E-state index >= 15 is 0 Å². The van der Waals surface area contributed by atoms with Crippen LogP contribution in [0, 0.1) is 6.92 Å². The summed E-state index contributed by atoms with van der Waals surface area (Å²) in [5.41, 5.74) is 1.24. The lowest BCUT2D eigenvalue weighted by atomic mass is 10.2. The molecule has 1 aromatic carbocycles. The zero-order valence-corrected chi connectivity index (χ0v) is 9.52. The monoisotopic (exact) mass is 206 g/mol. The molecule has 0 saturated carbocycles. The minimum Gasteiger partial charge on any atom is -0.295 e. The molecule has 1 rings (SSSR count). The van der Waals surface area contributed by atoms with Crippen molar-refractivity contribution in [3.8, 4) is 0 Å². The van der Waals surface area contributed by atoms with Gasteiger partial charge in [-0.2, -0.15) is 0 Å². The first kappa shape index (κ1) is 11.1. The van der Waals surface area contributed by atoms with E-state index in [1.54, 1.807) is 24.8 Å². The van der Waals surface area contributed by atoms with E-state index in [1.165, 1.54) is 10.5 Å². The fourth-order valence-electron chi connectivity index (χ4n) is 1.16. The van der Waals surface area contributed by atoms with Gasteiger partial charge in [-0.05, 0) is 43.4 Å². The molecule has 1 nitrogen and oxygen atoms in total. The smallest absolute Gasteiger partial charge is 0.153 e. The zero-order valence-electron chi connectivity index (χ0n) is 8.70. The van der Waals surface area contributed by atoms with Gasteiger partial charge < -0.3 is 0 Å². The maximum Gasteiger partial charge on any atom is 0.153 e. The van der Waals surface area contributed by atoms with Gasteiger partial charge in [0.15, 0.2) is 5.78 Å². The summed E-state index contributed by atoms with van der Waals surface area (Å²) in [6.07, 6.45) is 1.66. The number of benzene rings is 1. The maximum absolute atomic E-state index is 10.8. The molecule has 0 N–H and O–H groups in total. The van der Waals surface area contributed by atoms with Gasteiger partial charge in [0.1, 0.15) is 0 Å². The molecule has 0 radical (unpaired) electrons. The van der Waals surface area contributed by atoms with Crippen molar-refractivity contribution in [2.45, 2.75) is 25.7 Å². The Labute approximate surface area is 89.2 Å². The van der Waals surface area contributed by atoms with Gasteiger partial charge in [-0.1, -0.05) is 30.0 Å². The summed E-state index contributed by atoms with van der Waals surface area (Å²) in [5, 5.41) is 0. The summed E-state index contributed by atoms with van der Waals surface area (Å²) in [5.74, 6) is 0.101. The molecule has 0 unspecified atom stereocenters. The van der Waals surface area contributed by atoms with Gasteiger partial charge in [-0.3, -0.25) is 4.79 Å². The van der Waals surface area contributed by atoms with E-state index in [4.69, 9.17) is 0 Å². The first-order chi connectivity index (χ1) is 6.59. The summed E-state index contributed by atoms with van der Waals surface area (Å²) in [6.45, 7) is 5.60. The number of hydrogen-bond donors (Lipinski definition) is 0. The molecule has 0 heterocycles. The third-order valence-electron chi connectivity index (χ3n) is 1.77. The molecule has 0 aliphatic carbocycles. The van der Waals surface area contributed by atoms with E-state index in [-0.39, 0.29) is 5.78 Å². The molecule has 0 bridgehead atoms. The van der Waals surface area contributed by atoms with Crippen LogP contribution >= 0.6 is 11.8 Å². The molecule has 0 atom stereocenters. The largest absolute Gasteiger partial charge is 0.295 e. The average molecular weight is 206 g/mol. The highest BCUT2D eigenvalue weighted by Crippen LogP contribution is 2.28. The first-order valence-corrected chi connectivity index (χ1v) is 5.33. The average Bonchev–Trinajstić information content (AvgIpc) is 2.07. The third-order valence-corrected chi connectivity index (χ3v) is 2.89. The summed E-state index contributed by atoms with van der Waals surface area (Å²) < 4.78 is 0. The Balaban J connectivity index is 2.79. The van der Waals surface area contributed by atoms with Crippen LogP contribution in [0.2, 0.25) is 0 Å². The molecule has 2 heteroatoms. The number of aryl methyl sites for hydroxylation is 1. The number of carbonyl (C=O) groups excluding carboxylic acids is 1. The highest BCUT2D eigenvalue weighted by atomic mass is 32.2. The SMILES string of the molecule is CC(=O)/C=C(/C)Sc1ccccc1C. The molecule has 0 aliphatic heterocycles. The molecule has 0 spiro atoms. The second kappa shape index (κ2) is 5.01. The second-order valence-corrected chi connectivity index (χ2v) is 4.52. The quantitative estimate of drug-likeness (QED) is 0.555. The van der Waals surface area contributed by atoms with Crippen LogP contribution in [0.5, 0.6) is 0 Å². The Bertz CT molecular complexity index is 366. The molecular weight excluding hydrogens is 192 g/mol. The van der Waals surface area contributed by atoms with Gasteiger partial charge in [0, 0.05) is 4.90 Å². The van der Waals surface area contributed by atoms with Gasteiger partial charge in [0.05, 0.1) is 0 Å². The standard InChI is InChI=1S/C12H14OS/c1-9-6-4-5-7-12(9)14-11(3)8-10(2)13/h4-8H,1-3H3/b11-8-. The molecule has 74 valence electrons. The zero-order chi connectivity index (χ0) is 10.6. The third kappa shape index (κ3) is 3.38. The minimum atomic E-state index is 0.101. The molecule has 0 amide bonds. The molecule has 0 aromatic heterocycles. The van der Waals surface area contributed by atoms with Crippen molar-refractivity contribution in [2.24, 2.45) is 0 Å². The highest BCUT2D eigenvalue weighted by Gasteiger charge is 1.99. The van der Waals surface area contributed by atoms with Crippen LogP contribution < -0.4 is 0 Å². The van der Waals surface area contributed by atoms with Gasteiger partial charge in [-0.15, -0.1) is 0 Å². The van der Waals surface area contributed by atoms with Crippen LogP contribution in [-0.4, -0.2) is 5.78 Å². The molecule has 14 heavy (non-hydrogen) atoms. The van der Waals surface area contributed by atoms with Crippen molar-refractivity contribution < 1.29 is 4.79 Å². The predicted molar refractivity (Wildman–Crippen MR) is 61.5 cm³/mol. The molecule has 0 fully saturated rings. The van der Waals surface area contributed by atoms with E-state index in [0.717, 1.165) is 4.91 Å². The van der Waals surface area contributed by atoms with E-state index in [1.807, 2.05) is 19.1 Å². The fraction of sp³-hybridized carbons (Fsp3) is 0.250. The lowest BCUT2D eigenvalue weighted by Gasteiger charge is -2.04. The summed E-state index contributed by atoms with van der Waals surface area (Å²) in [4.78, 5) is 13.1. The Morgan fingerprint density at radius 2 is 1.93 bits per heavy atom. The Kier molecular flexibility index (Phi) is 3.96. The maximum atomic E-state index is 10.8. The minimum absolute atomic E-state index is 0.101. The van der Waals surface area contributed by atoms with Crippen molar-refractivity contribution >= 4 is 17.5 Å². The number of hydrogen-bond acceptors (Lipinski definition) is 2. The number of ketones is 1. The predicted octanol–water partition coefficient (Wildman–Crippen LogP) is 3.58. The number of allylic oxidation sites excluding steroid dienone is 2. The van der Waals surface area contributed by atoms with Crippen LogP contribution in [-0.2, 0) is 4.79 Å². The fourth-order valence-corrected chi connectivity index (χ4v) is 2.11. The van der Waals surface area contributed by atoms with Crippen molar-refractivity contribution in [3.63, 3.8) is 0 Å². The number of carbonyl (C=O) groups is 1. The Morgan fingerprint density at radius 3 is 2.50 bits per heavy atom. The van der Waals surface area contributed by atoms with Gasteiger partial charge in [-0.25, -0.2) is 0 Å². The van der Waals surface area contributed by atoms with E-state index in [9.17, 15) is 4.79 Å². The lowest BCUT2D eigenvalue weighted by molar-refractivity contribution is -0.112. The van der Waals surface area contributed by atoms with Crippen molar-refractivity contribution in [1.29, 1.82) is 0 Å². The van der Waals surface area contributed by atoms with Gasteiger partial charge in [0.2, 0.25) is 0 Å². The normalized spacial score (nSPS) is 11.5. The van der Waals surface area contributed by atoms with Crippen LogP contribution in [0.25, 0.3) is 0 Å². The molecular formula is C12H14OS. The topological polar surface area (TPSA) is 17.1 Å². The van der Waals surface area contributed by atoms with E-state index < -0.39 is 0 Å². The highest BCUT2D eigenvalue weighted by molar-refractivity contribution is 8.03. The molecule has 0 saturated heterocycles. The first-order valence-electron chi connectivity index (χ1n) is 4.52. The van der Waals surface area contributed by atoms with Crippen LogP contribution in [0.4, 0.5) is 0 Å². The van der Waals surface area contributed by atoms with Gasteiger partial charge in [0.25, 0.3) is 0 Å². The second-order valence-electron chi connectivity index (χ2n) is 3.23. The number of rotatable bonds is 3. The summed E-state index contributed by atoms with van der Waals surface area (Å²) in [7, 11) is 0. The van der Waals surface area contributed by atoms with Crippen molar-refractivity contribution in [3.05, 3.63) is 40.8 Å². The summed E-state index contributed by atoms with van der Waals surface area (Å²) >= 11 is 1.64. The molecule has 0 aliphatic rings. The van der Waals surface area contributed by atoms with Crippen LogP contribution in [0.15, 0.2) is 40.1 Å². The molecule has 1 aromatic rings. The van der Waals surface area contributed by atoms with E-state index in [2.05, 4.69) is 19.1 Å². The van der Waals surface area contributed by atoms with E-state index in [0.29, 0.717) is 0 Å². The van der Waals surface area contributed by atoms with Crippen LogP contribution in [0.3, 0.4) is 0 Å². The van der Waals surface area contributed by atoms with Crippen LogP contribution in [0.1, 0.15) is 19.4 Å². The summed E-state index contributed by atoms with van der Waals surface area (Å²) in [6, 6.07) is 8.17. The lowest BCUT2D eigenvalue weighted by Crippen LogP contribution is -1.84. The number of thioether (sulfide) groups is 1. The van der Waals surface area contributed by atoms with Crippen molar-refractivity contribution in [2.75, 3.05) is 0 Å². The van der Waals surface area contributed by atoms with Gasteiger partial charge >= 0.3 is 0 Å². The Hall–Kier alpha value is -1.02. The Morgan fingerprint density at radius 1 is 1.29 bits per heavy atom.